The molecule has 232 valence electrons. The van der Waals surface area contributed by atoms with Crippen molar-refractivity contribution in [3.05, 3.63) is 42.1 Å². The minimum Gasteiger partial charge on any atom is -0.481 e. The molecule has 0 spiro atoms. The molecule has 0 radical (unpaired) electrons. The van der Waals surface area contributed by atoms with Crippen LogP contribution in [0.4, 0.5) is 10.6 Å². The summed E-state index contributed by atoms with van der Waals surface area (Å²) in [5.74, 6) is -1.33. The number of benzene rings is 1. The molecular formula is C29H39N7O7. The molecule has 2 saturated heterocycles. The number of aromatic nitrogens is 2. The van der Waals surface area contributed by atoms with E-state index in [0.29, 0.717) is 37.0 Å². The summed E-state index contributed by atoms with van der Waals surface area (Å²) in [6.45, 7) is 7.42. The van der Waals surface area contributed by atoms with Crippen LogP contribution in [0.15, 0.2) is 36.4 Å². The number of piperazine rings is 1. The van der Waals surface area contributed by atoms with Crippen molar-refractivity contribution in [3.8, 4) is 11.4 Å². The molecule has 0 aliphatic carbocycles. The molecule has 43 heavy (non-hydrogen) atoms. The number of nitrogens with one attached hydrogen (secondary N) is 2. The highest BCUT2D eigenvalue weighted by Crippen LogP contribution is 2.19. The van der Waals surface area contributed by atoms with Crippen molar-refractivity contribution >= 4 is 29.7 Å². The number of carbonyl (C=O) groups is 4. The third-order valence-electron chi connectivity index (χ3n) is 7.20. The van der Waals surface area contributed by atoms with Gasteiger partial charge in [-0.1, -0.05) is 30.3 Å². The minimum absolute atomic E-state index is 0.0444. The van der Waals surface area contributed by atoms with E-state index in [9.17, 15) is 24.3 Å². The van der Waals surface area contributed by atoms with Crippen LogP contribution in [0, 0.1) is 0 Å². The van der Waals surface area contributed by atoms with E-state index >= 15 is 0 Å². The largest absolute Gasteiger partial charge is 0.481 e. The number of carbonyl (C=O) groups excluding carboxylic acids is 3. The van der Waals surface area contributed by atoms with Crippen molar-refractivity contribution in [2.75, 3.05) is 77.5 Å². The van der Waals surface area contributed by atoms with E-state index in [-0.39, 0.29) is 51.3 Å². The number of anilines is 1. The van der Waals surface area contributed by atoms with Gasteiger partial charge in [0, 0.05) is 70.4 Å². The molecule has 3 heterocycles. The van der Waals surface area contributed by atoms with Gasteiger partial charge in [0.2, 0.25) is 5.91 Å². The van der Waals surface area contributed by atoms with E-state index in [4.69, 9.17) is 9.47 Å². The first kappa shape index (κ1) is 31.6. The topological polar surface area (TPSA) is 167 Å². The fraction of sp³-hybridized carbons (Fsp3) is 0.517. The Labute approximate surface area is 250 Å². The van der Waals surface area contributed by atoms with Crippen molar-refractivity contribution in [3.63, 3.8) is 0 Å². The maximum absolute atomic E-state index is 13.5. The van der Waals surface area contributed by atoms with Gasteiger partial charge in [0.15, 0.2) is 5.82 Å². The van der Waals surface area contributed by atoms with Crippen LogP contribution >= 0.6 is 0 Å². The summed E-state index contributed by atoms with van der Waals surface area (Å²) in [6, 6.07) is 9.67. The highest BCUT2D eigenvalue weighted by atomic mass is 16.6. The smallest absolute Gasteiger partial charge is 0.409 e. The van der Waals surface area contributed by atoms with Crippen LogP contribution in [0.25, 0.3) is 11.4 Å². The highest BCUT2D eigenvalue weighted by molar-refractivity contribution is 5.97. The molecular weight excluding hydrogens is 558 g/mol. The first-order chi connectivity index (χ1) is 20.8. The number of carboxylic acid groups (broad SMARTS) is 1. The molecule has 3 N–H and O–H groups in total. The second-order valence-electron chi connectivity index (χ2n) is 10.2. The molecule has 1 aromatic heterocycles. The third-order valence-corrected chi connectivity index (χ3v) is 7.20. The van der Waals surface area contributed by atoms with Gasteiger partial charge in [0.25, 0.3) is 5.91 Å². The summed E-state index contributed by atoms with van der Waals surface area (Å²) in [4.78, 5) is 64.8. The van der Waals surface area contributed by atoms with Gasteiger partial charge in [0.1, 0.15) is 17.6 Å². The first-order valence-corrected chi connectivity index (χ1v) is 14.6. The molecule has 0 saturated carbocycles. The summed E-state index contributed by atoms with van der Waals surface area (Å²) in [5.41, 5.74) is 0.759. The number of rotatable bonds is 12. The number of nitrogens with zero attached hydrogens (tertiary/aromatic N) is 5. The van der Waals surface area contributed by atoms with E-state index in [1.807, 2.05) is 30.3 Å². The Bertz CT molecular complexity index is 1250. The molecule has 14 nitrogen and oxygen atoms in total. The van der Waals surface area contributed by atoms with E-state index in [1.54, 1.807) is 6.92 Å². The van der Waals surface area contributed by atoms with Gasteiger partial charge >= 0.3 is 12.1 Å². The number of morpholine rings is 1. The molecule has 3 amide bonds. The van der Waals surface area contributed by atoms with Crippen molar-refractivity contribution in [1.82, 2.24) is 30.0 Å². The van der Waals surface area contributed by atoms with Crippen LogP contribution in [0.5, 0.6) is 0 Å². The average Bonchev–Trinajstić information content (AvgIpc) is 3.03. The van der Waals surface area contributed by atoms with Crippen LogP contribution in [0.2, 0.25) is 0 Å². The Morgan fingerprint density at radius 2 is 1.70 bits per heavy atom. The minimum atomic E-state index is -1.09. The molecule has 1 atom stereocenters. The number of carboxylic acids is 1. The van der Waals surface area contributed by atoms with Crippen molar-refractivity contribution in [1.29, 1.82) is 0 Å². The van der Waals surface area contributed by atoms with E-state index in [1.165, 1.54) is 15.9 Å². The standard InChI is InChI=1S/C29H39N7O7/c1-2-43-29(41)36-14-12-35(13-15-36)28(40)22(8-9-25(37)38)32-27(39)23-20-24(30-10-11-34-16-18-42-19-17-34)33-26(31-23)21-6-4-3-5-7-21/h3-7,20,22H,2,8-19H2,1H3,(H,32,39)(H,37,38)(H,30,31,33)/t22-/m0/s1. The predicted octanol–water partition coefficient (Wildman–Crippen LogP) is 1.15. The molecule has 2 aliphatic heterocycles. The van der Waals surface area contributed by atoms with Crippen LogP contribution in [0.3, 0.4) is 0 Å². The van der Waals surface area contributed by atoms with Crippen LogP contribution in [-0.4, -0.2) is 132 Å². The summed E-state index contributed by atoms with van der Waals surface area (Å²) >= 11 is 0. The zero-order valence-electron chi connectivity index (χ0n) is 24.4. The van der Waals surface area contributed by atoms with Gasteiger partial charge in [-0.15, -0.1) is 0 Å². The van der Waals surface area contributed by atoms with E-state index < -0.39 is 29.9 Å². The number of aliphatic carboxylic acids is 1. The highest BCUT2D eigenvalue weighted by Gasteiger charge is 2.31. The zero-order valence-corrected chi connectivity index (χ0v) is 24.4. The molecule has 0 unspecified atom stereocenters. The molecule has 2 aliphatic rings. The fourth-order valence-electron chi connectivity index (χ4n) is 4.84. The Kier molecular flexibility index (Phi) is 11.6. The maximum atomic E-state index is 13.5. The second kappa shape index (κ2) is 15.8. The van der Waals surface area contributed by atoms with E-state index in [2.05, 4.69) is 25.5 Å². The lowest BCUT2D eigenvalue weighted by Gasteiger charge is -2.35. The predicted molar refractivity (Wildman–Crippen MR) is 157 cm³/mol. The van der Waals surface area contributed by atoms with Gasteiger partial charge in [-0.3, -0.25) is 19.3 Å². The van der Waals surface area contributed by atoms with Gasteiger partial charge in [0.05, 0.1) is 19.8 Å². The van der Waals surface area contributed by atoms with E-state index in [0.717, 1.165) is 19.6 Å². The Morgan fingerprint density at radius 3 is 2.37 bits per heavy atom. The molecule has 14 heteroatoms. The fourth-order valence-corrected chi connectivity index (χ4v) is 4.84. The molecule has 4 rings (SSSR count). The lowest BCUT2D eigenvalue weighted by atomic mass is 10.1. The molecule has 2 fully saturated rings. The zero-order chi connectivity index (χ0) is 30.6. The van der Waals surface area contributed by atoms with Crippen LogP contribution < -0.4 is 10.6 Å². The Morgan fingerprint density at radius 1 is 1.00 bits per heavy atom. The Hall–Kier alpha value is -4.30. The molecule has 0 bridgehead atoms. The van der Waals surface area contributed by atoms with Crippen molar-refractivity contribution < 1.29 is 33.8 Å². The number of hydrogen-bond donors (Lipinski definition) is 3. The number of amides is 3. The van der Waals surface area contributed by atoms with Gasteiger partial charge in [-0.2, -0.15) is 0 Å². The molecule has 1 aromatic carbocycles. The van der Waals surface area contributed by atoms with Crippen LogP contribution in [0.1, 0.15) is 30.3 Å². The summed E-state index contributed by atoms with van der Waals surface area (Å²) < 4.78 is 10.4. The van der Waals surface area contributed by atoms with Crippen molar-refractivity contribution in [2.24, 2.45) is 0 Å². The maximum Gasteiger partial charge on any atom is 0.409 e. The van der Waals surface area contributed by atoms with Crippen LogP contribution in [-0.2, 0) is 19.1 Å². The lowest BCUT2D eigenvalue weighted by Crippen LogP contribution is -2.56. The number of ether oxygens (including phenoxy) is 2. The summed E-state index contributed by atoms with van der Waals surface area (Å²) in [7, 11) is 0. The monoisotopic (exact) mass is 597 g/mol. The quantitative estimate of drug-likeness (QED) is 0.321. The Balaban J connectivity index is 1.48. The molecule has 2 aromatic rings. The lowest BCUT2D eigenvalue weighted by molar-refractivity contribution is -0.138. The third kappa shape index (κ3) is 9.35. The number of hydrogen-bond acceptors (Lipinski definition) is 10. The van der Waals surface area contributed by atoms with Gasteiger partial charge in [-0.25, -0.2) is 14.8 Å². The average molecular weight is 598 g/mol. The van der Waals surface area contributed by atoms with Gasteiger partial charge < -0.3 is 35.0 Å². The normalized spacial score (nSPS) is 16.3. The second-order valence-corrected chi connectivity index (χ2v) is 10.2. The van der Waals surface area contributed by atoms with Gasteiger partial charge in [-0.05, 0) is 13.3 Å². The summed E-state index contributed by atoms with van der Waals surface area (Å²) in [6.07, 6.45) is -0.857. The van der Waals surface area contributed by atoms with Crippen molar-refractivity contribution in [2.45, 2.75) is 25.8 Å². The summed E-state index contributed by atoms with van der Waals surface area (Å²) in [5, 5.41) is 15.3. The SMILES string of the molecule is CCOC(=O)N1CCN(C(=O)[C@H](CCC(=O)O)NC(=O)c2cc(NCCN3CCOCC3)nc(-c3ccccc3)n2)CC1. The first-order valence-electron chi connectivity index (χ1n) is 14.6.